The van der Waals surface area contributed by atoms with Gasteiger partial charge in [0.2, 0.25) is 6.41 Å². The van der Waals surface area contributed by atoms with Gasteiger partial charge in [-0.2, -0.15) is 0 Å². The van der Waals surface area contributed by atoms with Gasteiger partial charge >= 0.3 is 13.6 Å². The van der Waals surface area contributed by atoms with E-state index in [1.54, 1.807) is 34.6 Å². The van der Waals surface area contributed by atoms with Gasteiger partial charge < -0.3 is 19.5 Å². The van der Waals surface area contributed by atoms with Gasteiger partial charge in [0.25, 0.3) is 0 Å². The van der Waals surface area contributed by atoms with Crippen molar-refractivity contribution in [2.24, 2.45) is 5.92 Å². The van der Waals surface area contributed by atoms with E-state index in [2.05, 4.69) is 5.32 Å². The molecule has 122 valence electrons. The van der Waals surface area contributed by atoms with Crippen molar-refractivity contribution in [2.45, 2.75) is 46.8 Å². The third-order valence-corrected chi connectivity index (χ3v) is 4.66. The average Bonchev–Trinajstić information content (AvgIpc) is 2.24. The number of hydrogen-bond acceptors (Lipinski definition) is 5. The summed E-state index contributed by atoms with van der Waals surface area (Å²) < 4.78 is 23.4. The SMILES string of the molecule is CC(/C=C(/NC=O)C(=O)O)CP(=O)(OC(C)C)OC(C)C. The maximum atomic E-state index is 12.6. The molecule has 0 aliphatic carbocycles. The van der Waals surface area contributed by atoms with Crippen LogP contribution in [0.5, 0.6) is 0 Å². The first kappa shape index (κ1) is 19.8. The molecule has 0 radical (unpaired) electrons. The number of amides is 1. The zero-order valence-electron chi connectivity index (χ0n) is 13.0. The largest absolute Gasteiger partial charge is 0.477 e. The summed E-state index contributed by atoms with van der Waals surface area (Å²) in [6.45, 7) is 8.65. The molecule has 1 amide bonds. The predicted octanol–water partition coefficient (Wildman–Crippen LogP) is 2.38. The molecule has 0 aromatic rings. The Hall–Kier alpha value is -1.17. The summed E-state index contributed by atoms with van der Waals surface area (Å²) >= 11 is 0. The highest BCUT2D eigenvalue weighted by molar-refractivity contribution is 7.53. The van der Waals surface area contributed by atoms with E-state index in [4.69, 9.17) is 14.2 Å². The Morgan fingerprint density at radius 2 is 1.67 bits per heavy atom. The Balaban J connectivity index is 5.06. The molecule has 0 spiro atoms. The smallest absolute Gasteiger partial charge is 0.352 e. The number of hydrogen-bond donors (Lipinski definition) is 2. The second-order valence-corrected chi connectivity index (χ2v) is 7.24. The number of rotatable bonds is 10. The standard InChI is InChI=1S/C13H24NO6P/c1-9(2)19-21(18,20-10(3)4)7-11(5)6-12(13(16)17)14-8-15/h6,8-11H,7H2,1-5H3,(H,14,15)(H,16,17)/b12-6+. The normalized spacial score (nSPS) is 14.3. The van der Waals surface area contributed by atoms with Gasteiger partial charge in [-0.1, -0.05) is 6.92 Å². The molecule has 0 aromatic heterocycles. The molecule has 21 heavy (non-hydrogen) atoms. The fourth-order valence-electron chi connectivity index (χ4n) is 1.69. The lowest BCUT2D eigenvalue weighted by Gasteiger charge is -2.24. The van der Waals surface area contributed by atoms with Crippen molar-refractivity contribution in [1.82, 2.24) is 5.32 Å². The van der Waals surface area contributed by atoms with Crippen molar-refractivity contribution in [3.63, 3.8) is 0 Å². The number of aliphatic carboxylic acids is 1. The van der Waals surface area contributed by atoms with Gasteiger partial charge in [-0.05, 0) is 39.7 Å². The van der Waals surface area contributed by atoms with Crippen LogP contribution in [0.2, 0.25) is 0 Å². The summed E-state index contributed by atoms with van der Waals surface area (Å²) in [5.41, 5.74) is -0.266. The number of carbonyl (C=O) groups excluding carboxylic acids is 1. The van der Waals surface area contributed by atoms with Crippen LogP contribution in [0.3, 0.4) is 0 Å². The monoisotopic (exact) mass is 321 g/mol. The van der Waals surface area contributed by atoms with Gasteiger partial charge in [0.1, 0.15) is 5.70 Å². The molecule has 0 aliphatic heterocycles. The molecular weight excluding hydrogens is 297 g/mol. The first-order valence-corrected chi connectivity index (χ1v) is 8.43. The zero-order chi connectivity index (χ0) is 16.6. The maximum absolute atomic E-state index is 12.6. The summed E-state index contributed by atoms with van der Waals surface area (Å²) in [6.07, 6.45) is 1.06. The molecule has 0 aromatic carbocycles. The van der Waals surface area contributed by atoms with Crippen LogP contribution in [0.4, 0.5) is 0 Å². The summed E-state index contributed by atoms with van der Waals surface area (Å²) in [5, 5.41) is 11.0. The Kier molecular flexibility index (Phi) is 8.47. The molecule has 7 nitrogen and oxygen atoms in total. The van der Waals surface area contributed by atoms with Gasteiger partial charge in [0, 0.05) is 0 Å². The van der Waals surface area contributed by atoms with E-state index < -0.39 is 19.5 Å². The fourth-order valence-corrected chi connectivity index (χ4v) is 4.01. The minimum absolute atomic E-state index is 0.0284. The van der Waals surface area contributed by atoms with Crippen LogP contribution in [0.25, 0.3) is 0 Å². The highest BCUT2D eigenvalue weighted by Gasteiger charge is 2.29. The van der Waals surface area contributed by atoms with Crippen molar-refractivity contribution < 1.29 is 28.3 Å². The van der Waals surface area contributed by atoms with E-state index in [-0.39, 0.29) is 30.5 Å². The van der Waals surface area contributed by atoms with Gasteiger partial charge in [-0.15, -0.1) is 0 Å². The van der Waals surface area contributed by atoms with Gasteiger partial charge in [0.05, 0.1) is 18.4 Å². The number of carboxylic acids is 1. The van der Waals surface area contributed by atoms with Crippen LogP contribution in [-0.4, -0.2) is 35.9 Å². The number of nitrogens with one attached hydrogen (secondary N) is 1. The molecule has 0 heterocycles. The molecule has 0 fully saturated rings. The summed E-state index contributed by atoms with van der Waals surface area (Å²) in [7, 11) is -3.35. The molecule has 0 saturated carbocycles. The lowest BCUT2D eigenvalue weighted by molar-refractivity contribution is -0.133. The second kappa shape index (κ2) is 8.97. The molecule has 0 saturated heterocycles. The molecular formula is C13H24NO6P. The van der Waals surface area contributed by atoms with E-state index in [9.17, 15) is 14.2 Å². The van der Waals surface area contributed by atoms with Crippen LogP contribution in [0.15, 0.2) is 11.8 Å². The van der Waals surface area contributed by atoms with Crippen LogP contribution < -0.4 is 5.32 Å². The quantitative estimate of drug-likeness (QED) is 0.364. The average molecular weight is 321 g/mol. The maximum Gasteiger partial charge on any atom is 0.352 e. The Morgan fingerprint density at radius 1 is 1.19 bits per heavy atom. The first-order valence-electron chi connectivity index (χ1n) is 6.70. The van der Waals surface area contributed by atoms with Crippen LogP contribution in [0, 0.1) is 5.92 Å². The van der Waals surface area contributed by atoms with Crippen molar-refractivity contribution in [3.8, 4) is 0 Å². The summed E-state index contributed by atoms with van der Waals surface area (Å²) in [6, 6.07) is 0. The number of carboxylic acid groups (broad SMARTS) is 1. The fraction of sp³-hybridized carbons (Fsp3) is 0.692. The molecule has 0 aliphatic rings. The van der Waals surface area contributed by atoms with Crippen LogP contribution in [-0.2, 0) is 23.2 Å². The van der Waals surface area contributed by atoms with E-state index in [0.717, 1.165) is 0 Å². The molecule has 0 bridgehead atoms. The van der Waals surface area contributed by atoms with E-state index in [1.165, 1.54) is 6.08 Å². The summed E-state index contributed by atoms with van der Waals surface area (Å²) in [5.74, 6) is -1.68. The third-order valence-electron chi connectivity index (χ3n) is 2.15. The van der Waals surface area contributed by atoms with Gasteiger partial charge in [-0.25, -0.2) is 4.79 Å². The number of allylic oxidation sites excluding steroid dienone is 1. The Morgan fingerprint density at radius 3 is 2.00 bits per heavy atom. The van der Waals surface area contributed by atoms with Crippen molar-refractivity contribution >= 4 is 20.0 Å². The zero-order valence-corrected chi connectivity index (χ0v) is 13.9. The van der Waals surface area contributed by atoms with E-state index in [0.29, 0.717) is 0 Å². The molecule has 1 unspecified atom stereocenters. The van der Waals surface area contributed by atoms with E-state index >= 15 is 0 Å². The van der Waals surface area contributed by atoms with Crippen LogP contribution >= 0.6 is 7.60 Å². The van der Waals surface area contributed by atoms with Crippen molar-refractivity contribution in [3.05, 3.63) is 11.8 Å². The number of carbonyl (C=O) groups is 2. The molecule has 0 rings (SSSR count). The van der Waals surface area contributed by atoms with E-state index in [1.807, 2.05) is 0 Å². The Labute approximate surface area is 125 Å². The van der Waals surface area contributed by atoms with Crippen molar-refractivity contribution in [2.75, 3.05) is 6.16 Å². The lowest BCUT2D eigenvalue weighted by Crippen LogP contribution is -2.20. The molecule has 8 heteroatoms. The predicted molar refractivity (Wildman–Crippen MR) is 79.0 cm³/mol. The minimum Gasteiger partial charge on any atom is -0.477 e. The van der Waals surface area contributed by atoms with Gasteiger partial charge in [0.15, 0.2) is 0 Å². The highest BCUT2D eigenvalue weighted by Crippen LogP contribution is 2.52. The minimum atomic E-state index is -3.35. The van der Waals surface area contributed by atoms with Crippen LogP contribution in [0.1, 0.15) is 34.6 Å². The second-order valence-electron chi connectivity index (χ2n) is 5.23. The molecule has 1 atom stereocenters. The molecule has 2 N–H and O–H groups in total. The highest BCUT2D eigenvalue weighted by atomic mass is 31.2. The lowest BCUT2D eigenvalue weighted by atomic mass is 10.2. The third kappa shape index (κ3) is 8.65. The van der Waals surface area contributed by atoms with Gasteiger partial charge in [-0.3, -0.25) is 9.36 Å². The topological polar surface area (TPSA) is 102 Å². The summed E-state index contributed by atoms with van der Waals surface area (Å²) in [4.78, 5) is 21.3. The Bertz CT molecular complexity index is 418. The first-order chi connectivity index (χ1) is 9.59. The van der Waals surface area contributed by atoms with Crippen molar-refractivity contribution in [1.29, 1.82) is 0 Å².